The van der Waals surface area contributed by atoms with E-state index in [1.807, 2.05) is 0 Å². The van der Waals surface area contributed by atoms with Crippen molar-refractivity contribution in [2.75, 3.05) is 0 Å². The van der Waals surface area contributed by atoms with Crippen LogP contribution in [0.15, 0.2) is 35.9 Å². The van der Waals surface area contributed by atoms with Gasteiger partial charge in [0, 0.05) is 0 Å². The van der Waals surface area contributed by atoms with Crippen LogP contribution in [0.4, 0.5) is 0 Å². The second-order valence-electron chi connectivity index (χ2n) is 3.70. The molecule has 0 N–H and O–H groups in total. The van der Waals surface area contributed by atoms with Gasteiger partial charge in [-0.15, -0.1) is 0 Å². The van der Waals surface area contributed by atoms with Crippen molar-refractivity contribution in [3.05, 3.63) is 52.6 Å². The Morgan fingerprint density at radius 2 is 2.00 bits per heavy atom. The molecule has 0 unspecified atom stereocenters. The molecule has 2 rings (SSSR count). The Bertz CT molecular complexity index is 381. The van der Waals surface area contributed by atoms with Crippen LogP contribution in [0.1, 0.15) is 23.6 Å². The van der Waals surface area contributed by atoms with Gasteiger partial charge in [0.15, 0.2) is 0 Å². The maximum Gasteiger partial charge on any atom is -0.00883 e. The maximum absolute atomic E-state index is 2.26. The van der Waals surface area contributed by atoms with Gasteiger partial charge < -0.3 is 0 Å². The molecule has 1 aromatic carbocycles. The molecule has 1 aliphatic carbocycles. The molecule has 0 amide bonds. The first-order valence-electron chi connectivity index (χ1n) is 4.70. The zero-order valence-corrected chi connectivity index (χ0v) is 8.17. The molecule has 0 atom stereocenters. The maximum atomic E-state index is 2.26. The van der Waals surface area contributed by atoms with Crippen LogP contribution in [-0.4, -0.2) is 0 Å². The zero-order chi connectivity index (χ0) is 9.26. The number of aryl methyl sites for hydroxylation is 1. The molecule has 0 saturated heterocycles. The lowest BCUT2D eigenvalue weighted by Gasteiger charge is -2.03. The summed E-state index contributed by atoms with van der Waals surface area (Å²) in [5.41, 5.74) is 5.48. The van der Waals surface area contributed by atoms with E-state index >= 15 is 0 Å². The third kappa shape index (κ3) is 1.72. The van der Waals surface area contributed by atoms with Gasteiger partial charge in [0.1, 0.15) is 0 Å². The Labute approximate surface area is 79.6 Å². The molecule has 1 aliphatic rings. The predicted octanol–water partition coefficient (Wildman–Crippen LogP) is 3.51. The van der Waals surface area contributed by atoms with Gasteiger partial charge in [-0.25, -0.2) is 0 Å². The summed E-state index contributed by atoms with van der Waals surface area (Å²) in [4.78, 5) is 0. The molecule has 0 heterocycles. The van der Waals surface area contributed by atoms with Crippen LogP contribution in [0, 0.1) is 6.92 Å². The topological polar surface area (TPSA) is 0 Å². The first-order chi connectivity index (χ1) is 6.25. The summed E-state index contributed by atoms with van der Waals surface area (Å²) in [6.07, 6.45) is 7.73. The molecule has 0 fully saturated rings. The zero-order valence-electron chi connectivity index (χ0n) is 8.17. The summed E-state index contributed by atoms with van der Waals surface area (Å²) < 4.78 is 0. The van der Waals surface area contributed by atoms with Gasteiger partial charge in [-0.05, 0) is 31.4 Å². The van der Waals surface area contributed by atoms with Crippen LogP contribution in [0.25, 0.3) is 6.08 Å². The van der Waals surface area contributed by atoms with Crippen molar-refractivity contribution in [1.82, 2.24) is 0 Å². The lowest BCUT2D eigenvalue weighted by atomic mass is 10.0. The minimum atomic E-state index is 1.06. The fourth-order valence-corrected chi connectivity index (χ4v) is 1.70. The van der Waals surface area contributed by atoms with Crippen LogP contribution in [0.5, 0.6) is 0 Å². The Hall–Kier alpha value is -1.30. The third-order valence-electron chi connectivity index (χ3n) is 2.40. The second kappa shape index (κ2) is 3.21. The van der Waals surface area contributed by atoms with Crippen molar-refractivity contribution >= 4 is 6.08 Å². The Morgan fingerprint density at radius 1 is 1.15 bits per heavy atom. The largest absolute Gasteiger partial charge is 0.0798 e. The minimum Gasteiger partial charge on any atom is -0.0798 e. The highest BCUT2D eigenvalue weighted by Crippen LogP contribution is 2.19. The van der Waals surface area contributed by atoms with Gasteiger partial charge in [0.25, 0.3) is 0 Å². The van der Waals surface area contributed by atoms with E-state index in [0.29, 0.717) is 0 Å². The molecule has 0 heteroatoms. The highest BCUT2D eigenvalue weighted by Gasteiger charge is 2.01. The predicted molar refractivity (Wildman–Crippen MR) is 57.7 cm³/mol. The van der Waals surface area contributed by atoms with Crippen LogP contribution in [0.3, 0.4) is 0 Å². The summed E-state index contributed by atoms with van der Waals surface area (Å²) in [7, 11) is 0. The highest BCUT2D eigenvalue weighted by molar-refractivity contribution is 5.61. The standard InChI is InChI=1S/C13H14/c1-10-4-3-5-12-7-6-11(2)9-13(12)8-10/h3-4,6-9H,5H2,1-2H3. The molecule has 0 aliphatic heterocycles. The van der Waals surface area contributed by atoms with E-state index in [2.05, 4.69) is 50.3 Å². The number of allylic oxidation sites excluding steroid dienone is 3. The van der Waals surface area contributed by atoms with Crippen molar-refractivity contribution in [3.63, 3.8) is 0 Å². The molecule has 0 spiro atoms. The molecule has 0 aromatic heterocycles. The summed E-state index contributed by atoms with van der Waals surface area (Å²) in [5.74, 6) is 0. The Morgan fingerprint density at radius 3 is 2.85 bits per heavy atom. The molecule has 0 bridgehead atoms. The van der Waals surface area contributed by atoms with Gasteiger partial charge in [0.2, 0.25) is 0 Å². The third-order valence-corrected chi connectivity index (χ3v) is 2.40. The number of hydrogen-bond acceptors (Lipinski definition) is 0. The second-order valence-corrected chi connectivity index (χ2v) is 3.70. The van der Waals surface area contributed by atoms with Gasteiger partial charge in [-0.2, -0.15) is 0 Å². The van der Waals surface area contributed by atoms with Crippen molar-refractivity contribution in [3.8, 4) is 0 Å². The van der Waals surface area contributed by atoms with E-state index in [4.69, 9.17) is 0 Å². The lowest BCUT2D eigenvalue weighted by Crippen LogP contribution is -1.86. The summed E-state index contributed by atoms with van der Waals surface area (Å²) in [6, 6.07) is 6.66. The smallest absolute Gasteiger partial charge is 0.00883 e. The Balaban J connectivity index is 2.56. The average Bonchev–Trinajstić information content (AvgIpc) is 2.25. The molecule has 0 nitrogen and oxygen atoms in total. The van der Waals surface area contributed by atoms with E-state index < -0.39 is 0 Å². The van der Waals surface area contributed by atoms with Crippen molar-refractivity contribution in [1.29, 1.82) is 0 Å². The Kier molecular flexibility index (Phi) is 2.05. The van der Waals surface area contributed by atoms with Crippen LogP contribution >= 0.6 is 0 Å². The van der Waals surface area contributed by atoms with Gasteiger partial charge in [-0.1, -0.05) is 47.6 Å². The molecule has 0 saturated carbocycles. The number of hydrogen-bond donors (Lipinski definition) is 0. The SMILES string of the molecule is CC1=Cc2cc(C)ccc2CC=C1. The van der Waals surface area contributed by atoms with Gasteiger partial charge in [-0.3, -0.25) is 0 Å². The molecular formula is C13H14. The van der Waals surface area contributed by atoms with Gasteiger partial charge in [0.05, 0.1) is 0 Å². The monoisotopic (exact) mass is 170 g/mol. The fourth-order valence-electron chi connectivity index (χ4n) is 1.70. The number of fused-ring (bicyclic) bond motifs is 1. The molecular weight excluding hydrogens is 156 g/mol. The van der Waals surface area contributed by atoms with Gasteiger partial charge >= 0.3 is 0 Å². The van der Waals surface area contributed by atoms with Crippen molar-refractivity contribution in [2.24, 2.45) is 0 Å². The van der Waals surface area contributed by atoms with Crippen LogP contribution in [-0.2, 0) is 6.42 Å². The van der Waals surface area contributed by atoms with E-state index in [1.165, 1.54) is 22.3 Å². The van der Waals surface area contributed by atoms with Crippen molar-refractivity contribution in [2.45, 2.75) is 20.3 Å². The molecule has 66 valence electrons. The first-order valence-corrected chi connectivity index (χ1v) is 4.70. The quantitative estimate of drug-likeness (QED) is 0.559. The first kappa shape index (κ1) is 8.31. The summed E-state index contributed by atoms with van der Waals surface area (Å²) >= 11 is 0. The normalized spacial score (nSPS) is 14.8. The van der Waals surface area contributed by atoms with E-state index in [0.717, 1.165) is 6.42 Å². The summed E-state index contributed by atoms with van der Waals surface area (Å²) in [5, 5.41) is 0. The minimum absolute atomic E-state index is 1.06. The fraction of sp³-hybridized carbons (Fsp3) is 0.231. The number of benzene rings is 1. The van der Waals surface area contributed by atoms with Crippen molar-refractivity contribution < 1.29 is 0 Å². The van der Waals surface area contributed by atoms with E-state index in [1.54, 1.807) is 0 Å². The van der Waals surface area contributed by atoms with E-state index in [-0.39, 0.29) is 0 Å². The molecule has 1 aromatic rings. The molecule has 13 heavy (non-hydrogen) atoms. The van der Waals surface area contributed by atoms with E-state index in [9.17, 15) is 0 Å². The average molecular weight is 170 g/mol. The lowest BCUT2D eigenvalue weighted by molar-refractivity contribution is 1.25. The highest BCUT2D eigenvalue weighted by atomic mass is 14.1. The number of rotatable bonds is 0. The summed E-state index contributed by atoms with van der Waals surface area (Å²) in [6.45, 7) is 4.29. The van der Waals surface area contributed by atoms with Crippen LogP contribution in [0.2, 0.25) is 0 Å². The van der Waals surface area contributed by atoms with Crippen LogP contribution < -0.4 is 0 Å². The molecule has 0 radical (unpaired) electrons.